The highest BCUT2D eigenvalue weighted by molar-refractivity contribution is 9.10. The van der Waals surface area contributed by atoms with Crippen molar-refractivity contribution in [3.63, 3.8) is 0 Å². The maximum Gasteiger partial charge on any atom is 0.257 e. The van der Waals surface area contributed by atoms with Gasteiger partial charge in [-0.2, -0.15) is 0 Å². The standard InChI is InChI=1S/C14H16BrFN2O2/c15-10-2-1-3-11(16)13(10)14(20)18-6-4-9(5-7-18)8-12(17)19/h1-3,9H,4-8H2,(H2,17,19). The molecule has 0 unspecified atom stereocenters. The third-order valence-corrected chi connectivity index (χ3v) is 4.23. The Morgan fingerprint density at radius 3 is 2.55 bits per heavy atom. The number of nitrogens with zero attached hydrogens (tertiary/aromatic N) is 1. The minimum Gasteiger partial charge on any atom is -0.370 e. The fourth-order valence-electron chi connectivity index (χ4n) is 2.48. The molecule has 2 amide bonds. The fourth-order valence-corrected chi connectivity index (χ4v) is 3.00. The first-order valence-electron chi connectivity index (χ1n) is 6.50. The van der Waals surface area contributed by atoms with Gasteiger partial charge in [-0.05, 0) is 46.8 Å². The number of piperidine rings is 1. The largest absolute Gasteiger partial charge is 0.370 e. The Hall–Kier alpha value is -1.43. The Labute approximate surface area is 125 Å². The van der Waals surface area contributed by atoms with Gasteiger partial charge in [0.25, 0.3) is 5.91 Å². The predicted molar refractivity (Wildman–Crippen MR) is 76.5 cm³/mol. The number of primary amides is 1. The summed E-state index contributed by atoms with van der Waals surface area (Å²) in [4.78, 5) is 24.8. The molecule has 108 valence electrons. The number of amides is 2. The molecule has 0 aliphatic carbocycles. The second-order valence-electron chi connectivity index (χ2n) is 5.00. The van der Waals surface area contributed by atoms with E-state index in [-0.39, 0.29) is 23.3 Å². The zero-order chi connectivity index (χ0) is 14.7. The van der Waals surface area contributed by atoms with E-state index in [4.69, 9.17) is 5.73 Å². The zero-order valence-electron chi connectivity index (χ0n) is 10.9. The molecule has 1 aliphatic heterocycles. The van der Waals surface area contributed by atoms with Crippen molar-refractivity contribution in [1.82, 2.24) is 4.90 Å². The summed E-state index contributed by atoms with van der Waals surface area (Å²) in [5.41, 5.74) is 5.24. The van der Waals surface area contributed by atoms with E-state index in [9.17, 15) is 14.0 Å². The molecule has 1 fully saturated rings. The summed E-state index contributed by atoms with van der Waals surface area (Å²) in [6, 6.07) is 4.48. The van der Waals surface area contributed by atoms with Crippen molar-refractivity contribution >= 4 is 27.7 Å². The van der Waals surface area contributed by atoms with Crippen molar-refractivity contribution in [3.05, 3.63) is 34.1 Å². The van der Waals surface area contributed by atoms with Crippen LogP contribution in [0.5, 0.6) is 0 Å². The molecule has 6 heteroatoms. The number of halogens is 2. The number of hydrogen-bond acceptors (Lipinski definition) is 2. The molecular weight excluding hydrogens is 327 g/mol. The lowest BCUT2D eigenvalue weighted by atomic mass is 9.93. The van der Waals surface area contributed by atoms with Gasteiger partial charge >= 0.3 is 0 Å². The number of likely N-dealkylation sites (tertiary alicyclic amines) is 1. The Bertz CT molecular complexity index is 508. The summed E-state index contributed by atoms with van der Waals surface area (Å²) in [7, 11) is 0. The summed E-state index contributed by atoms with van der Waals surface area (Å²) in [5, 5.41) is 0. The minimum absolute atomic E-state index is 0.0702. The number of carbonyl (C=O) groups is 2. The lowest BCUT2D eigenvalue weighted by Gasteiger charge is -2.31. The molecule has 0 bridgehead atoms. The SMILES string of the molecule is NC(=O)CC1CCN(C(=O)c2c(F)cccc2Br)CC1. The number of hydrogen-bond donors (Lipinski definition) is 1. The molecule has 2 rings (SSSR count). The normalized spacial score (nSPS) is 16.2. The van der Waals surface area contributed by atoms with E-state index in [1.807, 2.05) is 0 Å². The van der Waals surface area contributed by atoms with Crippen molar-refractivity contribution < 1.29 is 14.0 Å². The molecule has 0 saturated carbocycles. The molecule has 1 aliphatic rings. The van der Waals surface area contributed by atoms with E-state index in [1.165, 1.54) is 6.07 Å². The number of benzene rings is 1. The lowest BCUT2D eigenvalue weighted by molar-refractivity contribution is -0.119. The van der Waals surface area contributed by atoms with Crippen molar-refractivity contribution in [2.24, 2.45) is 11.7 Å². The van der Waals surface area contributed by atoms with Crippen LogP contribution in [-0.2, 0) is 4.79 Å². The van der Waals surface area contributed by atoms with E-state index in [1.54, 1.807) is 17.0 Å². The summed E-state index contributed by atoms with van der Waals surface area (Å²) < 4.78 is 14.2. The molecule has 0 radical (unpaired) electrons. The summed E-state index contributed by atoms with van der Waals surface area (Å²) in [6.45, 7) is 1.05. The number of carbonyl (C=O) groups excluding carboxylic acids is 2. The third kappa shape index (κ3) is 3.36. The second-order valence-corrected chi connectivity index (χ2v) is 5.86. The van der Waals surface area contributed by atoms with Gasteiger partial charge < -0.3 is 10.6 Å². The molecule has 0 atom stereocenters. The van der Waals surface area contributed by atoms with Gasteiger partial charge in [0.15, 0.2) is 0 Å². The van der Waals surface area contributed by atoms with E-state index < -0.39 is 5.82 Å². The van der Waals surface area contributed by atoms with Crippen molar-refractivity contribution in [1.29, 1.82) is 0 Å². The third-order valence-electron chi connectivity index (χ3n) is 3.57. The van der Waals surface area contributed by atoms with E-state index >= 15 is 0 Å². The summed E-state index contributed by atoms with van der Waals surface area (Å²) in [5.74, 6) is -0.927. The van der Waals surface area contributed by atoms with Gasteiger partial charge in [0.1, 0.15) is 5.82 Å². The first-order valence-corrected chi connectivity index (χ1v) is 7.30. The highest BCUT2D eigenvalue weighted by atomic mass is 79.9. The molecule has 1 saturated heterocycles. The van der Waals surface area contributed by atoms with Crippen LogP contribution >= 0.6 is 15.9 Å². The van der Waals surface area contributed by atoms with Gasteiger partial charge in [0, 0.05) is 24.0 Å². The minimum atomic E-state index is -0.524. The van der Waals surface area contributed by atoms with Gasteiger partial charge in [-0.1, -0.05) is 6.07 Å². The van der Waals surface area contributed by atoms with Gasteiger partial charge in [-0.15, -0.1) is 0 Å². The smallest absolute Gasteiger partial charge is 0.257 e. The maximum absolute atomic E-state index is 13.8. The topological polar surface area (TPSA) is 63.4 Å². The highest BCUT2D eigenvalue weighted by Gasteiger charge is 2.27. The first kappa shape index (κ1) is 15.0. The molecule has 2 N–H and O–H groups in total. The Morgan fingerprint density at radius 1 is 1.35 bits per heavy atom. The molecule has 20 heavy (non-hydrogen) atoms. The van der Waals surface area contributed by atoms with Gasteiger partial charge in [0.2, 0.25) is 5.91 Å². The zero-order valence-corrected chi connectivity index (χ0v) is 12.5. The Morgan fingerprint density at radius 2 is 2.00 bits per heavy atom. The van der Waals surface area contributed by atoms with Crippen LogP contribution in [0, 0.1) is 11.7 Å². The number of rotatable bonds is 3. The van der Waals surface area contributed by atoms with Gasteiger partial charge in [-0.3, -0.25) is 9.59 Å². The highest BCUT2D eigenvalue weighted by Crippen LogP contribution is 2.25. The van der Waals surface area contributed by atoms with Crippen LogP contribution < -0.4 is 5.73 Å². The van der Waals surface area contributed by atoms with Crippen LogP contribution in [0.2, 0.25) is 0 Å². The Balaban J connectivity index is 2.04. The quantitative estimate of drug-likeness (QED) is 0.916. The monoisotopic (exact) mass is 342 g/mol. The van der Waals surface area contributed by atoms with E-state index in [0.717, 1.165) is 12.8 Å². The lowest BCUT2D eigenvalue weighted by Crippen LogP contribution is -2.39. The molecular formula is C14H16BrFN2O2. The molecule has 1 heterocycles. The average molecular weight is 343 g/mol. The predicted octanol–water partition coefficient (Wildman–Crippen LogP) is 2.32. The van der Waals surface area contributed by atoms with Crippen LogP contribution in [0.1, 0.15) is 29.6 Å². The molecule has 0 aromatic heterocycles. The van der Waals surface area contributed by atoms with Gasteiger partial charge in [-0.25, -0.2) is 4.39 Å². The molecule has 1 aromatic carbocycles. The summed E-state index contributed by atoms with van der Waals surface area (Å²) >= 11 is 3.21. The van der Waals surface area contributed by atoms with Crippen LogP contribution in [0.25, 0.3) is 0 Å². The van der Waals surface area contributed by atoms with E-state index in [0.29, 0.717) is 24.0 Å². The van der Waals surface area contributed by atoms with E-state index in [2.05, 4.69) is 15.9 Å². The maximum atomic E-state index is 13.8. The van der Waals surface area contributed by atoms with Crippen LogP contribution in [0.4, 0.5) is 4.39 Å². The average Bonchev–Trinajstić information content (AvgIpc) is 2.38. The summed E-state index contributed by atoms with van der Waals surface area (Å²) in [6.07, 6.45) is 1.80. The van der Waals surface area contributed by atoms with Crippen LogP contribution in [-0.4, -0.2) is 29.8 Å². The van der Waals surface area contributed by atoms with Crippen LogP contribution in [0.15, 0.2) is 22.7 Å². The molecule has 1 aromatic rings. The van der Waals surface area contributed by atoms with Crippen molar-refractivity contribution in [2.75, 3.05) is 13.1 Å². The first-order chi connectivity index (χ1) is 9.49. The fraction of sp³-hybridized carbons (Fsp3) is 0.429. The van der Waals surface area contributed by atoms with Crippen LogP contribution in [0.3, 0.4) is 0 Å². The van der Waals surface area contributed by atoms with Crippen molar-refractivity contribution in [3.8, 4) is 0 Å². The molecule has 0 spiro atoms. The second kappa shape index (κ2) is 6.35. The number of nitrogens with two attached hydrogens (primary N) is 1. The molecule has 4 nitrogen and oxygen atoms in total. The van der Waals surface area contributed by atoms with Gasteiger partial charge in [0.05, 0.1) is 5.56 Å². The van der Waals surface area contributed by atoms with Crippen molar-refractivity contribution in [2.45, 2.75) is 19.3 Å². The Kier molecular flexibility index (Phi) is 4.75.